The van der Waals surface area contributed by atoms with Gasteiger partial charge < -0.3 is 16.0 Å². The highest BCUT2D eigenvalue weighted by Crippen LogP contribution is 2.08. The number of hydrogen-bond acceptors (Lipinski definition) is 4. The Kier molecular flexibility index (Phi) is 2.17. The van der Waals surface area contributed by atoms with Gasteiger partial charge in [-0.15, -0.1) is 0 Å². The summed E-state index contributed by atoms with van der Waals surface area (Å²) in [5.41, 5.74) is 5.87. The van der Waals surface area contributed by atoms with Crippen LogP contribution in [0.5, 0.6) is 0 Å². The molecule has 68 valence electrons. The van der Waals surface area contributed by atoms with Crippen LogP contribution in [0, 0.1) is 0 Å². The van der Waals surface area contributed by atoms with Gasteiger partial charge in [-0.05, 0) is 12.8 Å². The van der Waals surface area contributed by atoms with Gasteiger partial charge in [0.2, 0.25) is 0 Å². The van der Waals surface area contributed by atoms with E-state index >= 15 is 0 Å². The van der Waals surface area contributed by atoms with Crippen molar-refractivity contribution in [2.24, 2.45) is 10.7 Å². The molecule has 0 unspecified atom stereocenters. The predicted molar refractivity (Wildman–Crippen MR) is 49.1 cm³/mol. The summed E-state index contributed by atoms with van der Waals surface area (Å²) in [5, 5.41) is 3.27. The van der Waals surface area contributed by atoms with Crippen molar-refractivity contribution in [3.05, 3.63) is 0 Å². The fourth-order valence-corrected chi connectivity index (χ4v) is 1.80. The number of aliphatic imine (C=N–C) groups is 1. The van der Waals surface area contributed by atoms with Crippen LogP contribution >= 0.6 is 0 Å². The molecule has 0 aromatic rings. The van der Waals surface area contributed by atoms with Gasteiger partial charge in [-0.1, -0.05) is 0 Å². The molecule has 1 fully saturated rings. The molecule has 0 bridgehead atoms. The number of hydrogen-bond donors (Lipinski definition) is 2. The van der Waals surface area contributed by atoms with Gasteiger partial charge in [0.1, 0.15) is 0 Å². The second-order valence-corrected chi connectivity index (χ2v) is 3.48. The number of likely N-dealkylation sites (tertiary alicyclic amines) is 1. The van der Waals surface area contributed by atoms with Crippen LogP contribution in [0.3, 0.4) is 0 Å². The molecule has 1 saturated heterocycles. The van der Waals surface area contributed by atoms with E-state index in [2.05, 4.69) is 15.2 Å². The van der Waals surface area contributed by atoms with Gasteiger partial charge in [0.25, 0.3) is 0 Å². The zero-order chi connectivity index (χ0) is 8.39. The molecule has 4 nitrogen and oxygen atoms in total. The first kappa shape index (κ1) is 7.86. The normalized spacial score (nSPS) is 29.9. The summed E-state index contributed by atoms with van der Waals surface area (Å²) < 4.78 is 0. The maximum Gasteiger partial charge on any atom is 0.194 e. The fraction of sp³-hybridized carbons (Fsp3) is 0.875. The zero-order valence-electron chi connectivity index (χ0n) is 7.29. The van der Waals surface area contributed by atoms with Crippen molar-refractivity contribution in [3.63, 3.8) is 0 Å². The van der Waals surface area contributed by atoms with Crippen molar-refractivity contribution < 1.29 is 0 Å². The SMILES string of the molecule is N[C@@H]1CCCN(C2=NCCN2)C1. The zero-order valence-corrected chi connectivity index (χ0v) is 7.29. The summed E-state index contributed by atoms with van der Waals surface area (Å²) in [5.74, 6) is 1.06. The van der Waals surface area contributed by atoms with E-state index in [0.717, 1.165) is 38.6 Å². The van der Waals surface area contributed by atoms with E-state index in [1.54, 1.807) is 0 Å². The molecular formula is C8H16N4. The standard InChI is InChI=1S/C8H16N4/c9-7-2-1-5-12(6-7)8-10-3-4-11-8/h7H,1-6,9H2,(H,10,11)/t7-/m1/s1. The Morgan fingerprint density at radius 2 is 2.50 bits per heavy atom. The molecule has 0 amide bonds. The summed E-state index contributed by atoms with van der Waals surface area (Å²) in [6, 6.07) is 0.337. The highest BCUT2D eigenvalue weighted by Gasteiger charge is 2.20. The minimum absolute atomic E-state index is 0.337. The van der Waals surface area contributed by atoms with Crippen LogP contribution in [-0.2, 0) is 0 Å². The molecular weight excluding hydrogens is 152 g/mol. The number of piperidine rings is 1. The van der Waals surface area contributed by atoms with Crippen LogP contribution in [0.4, 0.5) is 0 Å². The summed E-state index contributed by atoms with van der Waals surface area (Å²) in [6.07, 6.45) is 2.35. The first-order chi connectivity index (χ1) is 5.86. The lowest BCUT2D eigenvalue weighted by molar-refractivity contribution is 0.304. The first-order valence-electron chi connectivity index (χ1n) is 4.65. The van der Waals surface area contributed by atoms with E-state index in [-0.39, 0.29) is 0 Å². The number of nitrogens with one attached hydrogen (secondary N) is 1. The average Bonchev–Trinajstić information content (AvgIpc) is 2.56. The van der Waals surface area contributed by atoms with E-state index in [4.69, 9.17) is 5.73 Å². The van der Waals surface area contributed by atoms with E-state index in [9.17, 15) is 0 Å². The summed E-state index contributed by atoms with van der Waals surface area (Å²) >= 11 is 0. The summed E-state index contributed by atoms with van der Waals surface area (Å²) in [7, 11) is 0. The molecule has 0 spiro atoms. The number of nitrogens with two attached hydrogens (primary N) is 1. The van der Waals surface area contributed by atoms with E-state index in [0.29, 0.717) is 6.04 Å². The van der Waals surface area contributed by atoms with Crippen LogP contribution in [0.1, 0.15) is 12.8 Å². The van der Waals surface area contributed by atoms with Crippen molar-refractivity contribution in [1.82, 2.24) is 10.2 Å². The summed E-state index contributed by atoms with van der Waals surface area (Å²) in [4.78, 5) is 6.63. The molecule has 0 aliphatic carbocycles. The van der Waals surface area contributed by atoms with Gasteiger partial charge in [-0.3, -0.25) is 4.99 Å². The van der Waals surface area contributed by atoms with Gasteiger partial charge in [0.05, 0.1) is 6.54 Å². The van der Waals surface area contributed by atoms with E-state index in [1.165, 1.54) is 6.42 Å². The molecule has 0 aromatic heterocycles. The predicted octanol–water partition coefficient (Wildman–Crippen LogP) is -0.631. The molecule has 2 aliphatic rings. The lowest BCUT2D eigenvalue weighted by atomic mass is 10.1. The third-order valence-corrected chi connectivity index (χ3v) is 2.41. The molecule has 2 aliphatic heterocycles. The highest BCUT2D eigenvalue weighted by atomic mass is 15.3. The van der Waals surface area contributed by atoms with Crippen LogP contribution in [0.15, 0.2) is 4.99 Å². The third kappa shape index (κ3) is 1.53. The smallest absolute Gasteiger partial charge is 0.194 e. The van der Waals surface area contributed by atoms with Crippen molar-refractivity contribution >= 4 is 5.96 Å². The maximum absolute atomic E-state index is 5.87. The van der Waals surface area contributed by atoms with Crippen molar-refractivity contribution in [1.29, 1.82) is 0 Å². The lowest BCUT2D eigenvalue weighted by Gasteiger charge is -2.31. The number of guanidine groups is 1. The topological polar surface area (TPSA) is 53.6 Å². The number of nitrogens with zero attached hydrogens (tertiary/aromatic N) is 2. The third-order valence-electron chi connectivity index (χ3n) is 2.41. The largest absolute Gasteiger partial charge is 0.354 e. The minimum Gasteiger partial charge on any atom is -0.354 e. The second-order valence-electron chi connectivity index (χ2n) is 3.48. The Labute approximate surface area is 72.8 Å². The molecule has 0 saturated carbocycles. The highest BCUT2D eigenvalue weighted by molar-refractivity contribution is 5.81. The Balaban J connectivity index is 1.94. The van der Waals surface area contributed by atoms with Crippen LogP contribution in [0.25, 0.3) is 0 Å². The van der Waals surface area contributed by atoms with Gasteiger partial charge in [-0.25, -0.2) is 0 Å². The van der Waals surface area contributed by atoms with Gasteiger partial charge >= 0.3 is 0 Å². The molecule has 12 heavy (non-hydrogen) atoms. The van der Waals surface area contributed by atoms with Gasteiger partial charge in [-0.2, -0.15) is 0 Å². The molecule has 1 atom stereocenters. The molecule has 0 radical (unpaired) electrons. The molecule has 4 heteroatoms. The molecule has 2 heterocycles. The van der Waals surface area contributed by atoms with Gasteiger partial charge in [0, 0.05) is 25.7 Å². The van der Waals surface area contributed by atoms with Crippen LogP contribution < -0.4 is 11.1 Å². The molecule has 2 rings (SSSR count). The Hall–Kier alpha value is -0.770. The lowest BCUT2D eigenvalue weighted by Crippen LogP contribution is -2.49. The molecule has 0 aromatic carbocycles. The number of rotatable bonds is 0. The first-order valence-corrected chi connectivity index (χ1v) is 4.65. The minimum atomic E-state index is 0.337. The molecule has 3 N–H and O–H groups in total. The Bertz CT molecular complexity index is 189. The van der Waals surface area contributed by atoms with Crippen molar-refractivity contribution in [2.75, 3.05) is 26.2 Å². The average molecular weight is 168 g/mol. The van der Waals surface area contributed by atoms with Crippen LogP contribution in [0.2, 0.25) is 0 Å². The second kappa shape index (κ2) is 3.31. The monoisotopic (exact) mass is 168 g/mol. The van der Waals surface area contributed by atoms with Crippen molar-refractivity contribution in [3.8, 4) is 0 Å². The Morgan fingerprint density at radius 3 is 3.17 bits per heavy atom. The fourth-order valence-electron chi connectivity index (χ4n) is 1.80. The van der Waals surface area contributed by atoms with Crippen molar-refractivity contribution in [2.45, 2.75) is 18.9 Å². The van der Waals surface area contributed by atoms with E-state index in [1.807, 2.05) is 0 Å². The van der Waals surface area contributed by atoms with Gasteiger partial charge in [0.15, 0.2) is 5.96 Å². The summed E-state index contributed by atoms with van der Waals surface area (Å²) in [6.45, 7) is 3.98. The quantitative estimate of drug-likeness (QED) is 0.506. The maximum atomic E-state index is 5.87. The Morgan fingerprint density at radius 1 is 1.58 bits per heavy atom. The van der Waals surface area contributed by atoms with Crippen LogP contribution in [-0.4, -0.2) is 43.1 Å². The van der Waals surface area contributed by atoms with E-state index < -0.39 is 0 Å².